The van der Waals surface area contributed by atoms with Crippen LogP contribution in [0.3, 0.4) is 0 Å². The molecule has 6 N–H and O–H groups in total. The van der Waals surface area contributed by atoms with Crippen molar-refractivity contribution in [1.82, 2.24) is 9.97 Å². The molecule has 0 bridgehead atoms. The van der Waals surface area contributed by atoms with E-state index in [4.69, 9.17) is 11.5 Å². The molecule has 2 heterocycles. The van der Waals surface area contributed by atoms with Crippen LogP contribution in [0.4, 0.5) is 22.7 Å². The minimum atomic E-state index is 0. The smallest absolute Gasteiger partial charge is 0.0746 e. The molecule has 8 heteroatoms. The third kappa shape index (κ3) is 7.77. The molecule has 0 radical (unpaired) electrons. The first kappa shape index (κ1) is 29.3. The van der Waals surface area contributed by atoms with Crippen LogP contribution < -0.4 is 22.1 Å². The molecule has 0 aliphatic carbocycles. The highest BCUT2D eigenvalue weighted by Gasteiger charge is 2.05. The number of hydrogen-bond donors (Lipinski definition) is 4. The average molecular weight is 530 g/mol. The van der Waals surface area contributed by atoms with Crippen LogP contribution in [-0.4, -0.2) is 23.1 Å². The van der Waals surface area contributed by atoms with Gasteiger partial charge in [-0.1, -0.05) is 25.7 Å². The number of pyridine rings is 2. The van der Waals surface area contributed by atoms with Crippen LogP contribution in [0.5, 0.6) is 0 Å². The van der Waals surface area contributed by atoms with Crippen LogP contribution >= 0.6 is 24.8 Å². The number of unbranched alkanes of at least 4 members (excludes halogenated alkanes) is 5. The number of aromatic nitrogens is 2. The molecule has 0 atom stereocenters. The summed E-state index contributed by atoms with van der Waals surface area (Å²) in [7, 11) is 0. The Balaban J connectivity index is 0.00000228. The van der Waals surface area contributed by atoms with Crippen molar-refractivity contribution in [3.05, 3.63) is 59.9 Å². The fraction of sp³-hybridized carbons (Fsp3) is 0.357. The molecule has 194 valence electrons. The fourth-order valence-electron chi connectivity index (χ4n) is 4.45. The van der Waals surface area contributed by atoms with Gasteiger partial charge in [-0.15, -0.1) is 24.8 Å². The van der Waals surface area contributed by atoms with E-state index in [0.29, 0.717) is 0 Å². The van der Waals surface area contributed by atoms with Crippen molar-refractivity contribution >= 4 is 69.4 Å². The number of anilines is 4. The monoisotopic (exact) mass is 528 g/mol. The number of benzene rings is 2. The van der Waals surface area contributed by atoms with Gasteiger partial charge in [-0.2, -0.15) is 0 Å². The summed E-state index contributed by atoms with van der Waals surface area (Å²) < 4.78 is 0. The lowest BCUT2D eigenvalue weighted by atomic mass is 10.1. The molecule has 0 amide bonds. The molecule has 4 rings (SSSR count). The van der Waals surface area contributed by atoms with Crippen molar-refractivity contribution in [2.45, 2.75) is 52.4 Å². The highest BCUT2D eigenvalue weighted by atomic mass is 35.5. The van der Waals surface area contributed by atoms with Crippen molar-refractivity contribution in [2.24, 2.45) is 0 Å². The lowest BCUT2D eigenvalue weighted by Crippen LogP contribution is -2.04. The van der Waals surface area contributed by atoms with E-state index in [9.17, 15) is 0 Å². The van der Waals surface area contributed by atoms with Crippen LogP contribution in [0.2, 0.25) is 0 Å². The summed E-state index contributed by atoms with van der Waals surface area (Å²) in [5.41, 5.74) is 19.5. The van der Waals surface area contributed by atoms with Gasteiger partial charge in [0.05, 0.1) is 11.0 Å². The zero-order valence-corrected chi connectivity index (χ0v) is 22.8. The molecule has 2 aromatic heterocycles. The second-order valence-electron chi connectivity index (χ2n) is 9.15. The zero-order valence-electron chi connectivity index (χ0n) is 21.1. The summed E-state index contributed by atoms with van der Waals surface area (Å²) in [6.45, 7) is 6.00. The van der Waals surface area contributed by atoms with E-state index < -0.39 is 0 Å². The molecule has 0 fully saturated rings. The molecule has 0 unspecified atom stereocenters. The highest BCUT2D eigenvalue weighted by Crippen LogP contribution is 2.26. The highest BCUT2D eigenvalue weighted by molar-refractivity contribution is 5.94. The van der Waals surface area contributed by atoms with Crippen LogP contribution in [0.1, 0.15) is 49.9 Å². The third-order valence-electron chi connectivity index (χ3n) is 6.16. The van der Waals surface area contributed by atoms with Gasteiger partial charge >= 0.3 is 0 Å². The Labute approximate surface area is 226 Å². The fourth-order valence-corrected chi connectivity index (χ4v) is 4.45. The Morgan fingerprint density at radius 1 is 0.583 bits per heavy atom. The largest absolute Gasteiger partial charge is 0.399 e. The maximum atomic E-state index is 5.91. The summed E-state index contributed by atoms with van der Waals surface area (Å²) in [6, 6.07) is 16.1. The van der Waals surface area contributed by atoms with Gasteiger partial charge < -0.3 is 22.1 Å². The Morgan fingerprint density at radius 2 is 0.972 bits per heavy atom. The second-order valence-corrected chi connectivity index (χ2v) is 9.15. The summed E-state index contributed by atoms with van der Waals surface area (Å²) in [5, 5.41) is 9.46. The number of aryl methyl sites for hydroxylation is 2. The molecule has 0 saturated carbocycles. The molecule has 0 aliphatic rings. The van der Waals surface area contributed by atoms with Crippen molar-refractivity contribution in [3.8, 4) is 0 Å². The molecule has 0 aliphatic heterocycles. The third-order valence-corrected chi connectivity index (χ3v) is 6.16. The van der Waals surface area contributed by atoms with E-state index in [2.05, 4.69) is 44.9 Å². The number of fused-ring (bicyclic) bond motifs is 2. The lowest BCUT2D eigenvalue weighted by molar-refractivity contribution is 0.610. The Hall–Kier alpha value is -2.96. The normalized spacial score (nSPS) is 10.6. The Kier molecular flexibility index (Phi) is 11.3. The van der Waals surface area contributed by atoms with Crippen molar-refractivity contribution in [2.75, 3.05) is 35.2 Å². The SMILES string of the molecule is Cc1cc(NCCCCCCCCNc2cc(C)nc3cc(N)ccc23)c2ccc(N)cc2n1.Cl.Cl. The molecular formula is C28H38Cl2N6. The first-order valence-corrected chi connectivity index (χ1v) is 12.3. The van der Waals surface area contributed by atoms with Gasteiger partial charge in [-0.25, -0.2) is 0 Å². The van der Waals surface area contributed by atoms with Crippen molar-refractivity contribution in [1.29, 1.82) is 0 Å². The van der Waals surface area contributed by atoms with Gasteiger partial charge in [0.25, 0.3) is 0 Å². The number of nitrogen functional groups attached to an aromatic ring is 2. The Bertz CT molecular complexity index is 1170. The number of nitrogens with one attached hydrogen (secondary N) is 2. The minimum Gasteiger partial charge on any atom is -0.399 e. The van der Waals surface area contributed by atoms with Gasteiger partial charge in [0.15, 0.2) is 0 Å². The van der Waals surface area contributed by atoms with E-state index in [1.807, 2.05) is 38.1 Å². The van der Waals surface area contributed by atoms with Crippen LogP contribution in [-0.2, 0) is 0 Å². The van der Waals surface area contributed by atoms with E-state index in [1.54, 1.807) is 0 Å². The zero-order chi connectivity index (χ0) is 23.9. The van der Waals surface area contributed by atoms with Crippen LogP contribution in [0.25, 0.3) is 21.8 Å². The van der Waals surface area contributed by atoms with Gasteiger partial charge in [0.1, 0.15) is 0 Å². The van der Waals surface area contributed by atoms with E-state index in [1.165, 1.54) is 38.5 Å². The quantitative estimate of drug-likeness (QED) is 0.120. The van der Waals surface area contributed by atoms with Crippen LogP contribution in [0.15, 0.2) is 48.5 Å². The average Bonchev–Trinajstić information content (AvgIpc) is 2.79. The molecule has 2 aromatic carbocycles. The lowest BCUT2D eigenvalue weighted by Gasteiger charge is -2.12. The standard InChI is InChI=1S/C28H36N6.2ClH/c1-19-15-25(23-11-9-21(29)17-27(23)33-19)31-13-7-5-3-4-6-8-14-32-26-16-20(2)34-28-18-22(30)10-12-24(26)28;;/h9-12,15-18H,3-8,13-14,29-30H2,1-2H3,(H,31,33)(H,32,34);2*1H. The second kappa shape index (κ2) is 14.0. The summed E-state index contributed by atoms with van der Waals surface area (Å²) in [4.78, 5) is 9.20. The maximum Gasteiger partial charge on any atom is 0.0746 e. The van der Waals surface area contributed by atoms with E-state index in [0.717, 1.165) is 69.0 Å². The number of halogens is 2. The molecule has 0 spiro atoms. The summed E-state index contributed by atoms with van der Waals surface area (Å²) >= 11 is 0. The van der Waals surface area contributed by atoms with Gasteiger partial charge in [0.2, 0.25) is 0 Å². The predicted molar refractivity (Wildman–Crippen MR) is 161 cm³/mol. The molecule has 6 nitrogen and oxygen atoms in total. The molecular weight excluding hydrogens is 491 g/mol. The topological polar surface area (TPSA) is 102 Å². The maximum absolute atomic E-state index is 5.91. The summed E-state index contributed by atoms with van der Waals surface area (Å²) in [6.07, 6.45) is 7.36. The van der Waals surface area contributed by atoms with E-state index >= 15 is 0 Å². The van der Waals surface area contributed by atoms with Gasteiger partial charge in [0, 0.05) is 58.0 Å². The van der Waals surface area contributed by atoms with Gasteiger partial charge in [-0.3, -0.25) is 9.97 Å². The summed E-state index contributed by atoms with van der Waals surface area (Å²) in [5.74, 6) is 0. The van der Waals surface area contributed by atoms with Crippen molar-refractivity contribution in [3.63, 3.8) is 0 Å². The number of rotatable bonds is 11. The van der Waals surface area contributed by atoms with Crippen molar-refractivity contribution < 1.29 is 0 Å². The number of hydrogen-bond acceptors (Lipinski definition) is 6. The van der Waals surface area contributed by atoms with E-state index in [-0.39, 0.29) is 24.8 Å². The van der Waals surface area contributed by atoms with Gasteiger partial charge in [-0.05, 0) is 75.2 Å². The first-order chi connectivity index (χ1) is 16.5. The number of nitrogens with two attached hydrogens (primary N) is 2. The predicted octanol–water partition coefficient (Wildman–Crippen LogP) is 7.27. The first-order valence-electron chi connectivity index (χ1n) is 12.3. The molecule has 36 heavy (non-hydrogen) atoms. The molecule has 4 aromatic rings. The number of nitrogens with zero attached hydrogens (tertiary/aromatic N) is 2. The molecule has 0 saturated heterocycles. The Morgan fingerprint density at radius 3 is 1.39 bits per heavy atom. The van der Waals surface area contributed by atoms with Crippen LogP contribution in [0, 0.1) is 13.8 Å². The minimum absolute atomic E-state index is 0.